The highest BCUT2D eigenvalue weighted by atomic mass is 32.2. The highest BCUT2D eigenvalue weighted by molar-refractivity contribution is 7.89. The molecule has 2 aromatic rings. The molecule has 0 saturated heterocycles. The Balaban J connectivity index is 2.15. The van der Waals surface area contributed by atoms with Gasteiger partial charge in [0.2, 0.25) is 15.9 Å². The summed E-state index contributed by atoms with van der Waals surface area (Å²) in [7, 11) is -2.78. The van der Waals surface area contributed by atoms with E-state index < -0.39 is 39.0 Å². The van der Waals surface area contributed by atoms with Crippen molar-refractivity contribution < 1.29 is 26.7 Å². The zero-order chi connectivity index (χ0) is 19.3. The molecule has 0 spiro atoms. The predicted molar refractivity (Wildman–Crippen MR) is 92.4 cm³/mol. The van der Waals surface area contributed by atoms with E-state index >= 15 is 0 Å². The standard InChI is InChI=1S/C17H18F2N2O4S/c1-3-21(26(23,24)16-9-4-12(18)10-15(16)19)11-17(22)20-13-5-7-14(25-2)8-6-13/h4-10H,3,11H2,1-2H3,(H,20,22). The molecule has 9 heteroatoms. The van der Waals surface area contributed by atoms with Crippen molar-refractivity contribution in [3.8, 4) is 5.75 Å². The number of nitrogens with zero attached hydrogens (tertiary/aromatic N) is 1. The summed E-state index contributed by atoms with van der Waals surface area (Å²) in [6.45, 7) is 0.941. The first-order chi connectivity index (χ1) is 12.3. The summed E-state index contributed by atoms with van der Waals surface area (Å²) in [6.07, 6.45) is 0. The van der Waals surface area contributed by atoms with Crippen LogP contribution < -0.4 is 10.1 Å². The third-order valence-electron chi connectivity index (χ3n) is 3.56. The lowest BCUT2D eigenvalue weighted by Crippen LogP contribution is -2.38. The second-order valence-corrected chi connectivity index (χ2v) is 7.19. The Bertz CT molecular complexity index is 886. The molecule has 0 bridgehead atoms. The summed E-state index contributed by atoms with van der Waals surface area (Å²) in [5.74, 6) is -2.09. The van der Waals surface area contributed by atoms with Crippen LogP contribution in [0.1, 0.15) is 6.92 Å². The fourth-order valence-electron chi connectivity index (χ4n) is 2.23. The lowest BCUT2D eigenvalue weighted by atomic mass is 10.3. The average Bonchev–Trinajstić information content (AvgIpc) is 2.59. The fraction of sp³-hybridized carbons (Fsp3) is 0.235. The number of halogens is 2. The van der Waals surface area contributed by atoms with Gasteiger partial charge in [0.05, 0.1) is 13.7 Å². The van der Waals surface area contributed by atoms with Gasteiger partial charge >= 0.3 is 0 Å². The molecular weight excluding hydrogens is 366 g/mol. The van der Waals surface area contributed by atoms with Crippen LogP contribution in [0.4, 0.5) is 14.5 Å². The minimum Gasteiger partial charge on any atom is -0.497 e. The SMILES string of the molecule is CCN(CC(=O)Nc1ccc(OC)cc1)S(=O)(=O)c1ccc(F)cc1F. The molecule has 0 fully saturated rings. The van der Waals surface area contributed by atoms with Crippen molar-refractivity contribution in [1.82, 2.24) is 4.31 Å². The number of ether oxygens (including phenoxy) is 1. The summed E-state index contributed by atoms with van der Waals surface area (Å²) < 4.78 is 57.7. The zero-order valence-electron chi connectivity index (χ0n) is 14.2. The number of sulfonamides is 1. The largest absolute Gasteiger partial charge is 0.497 e. The molecule has 0 aliphatic carbocycles. The summed E-state index contributed by atoms with van der Waals surface area (Å²) in [5.41, 5.74) is 0.456. The molecule has 1 N–H and O–H groups in total. The Morgan fingerprint density at radius 3 is 2.35 bits per heavy atom. The number of rotatable bonds is 7. The van der Waals surface area contributed by atoms with Crippen LogP contribution in [0.25, 0.3) is 0 Å². The number of hydrogen-bond acceptors (Lipinski definition) is 4. The van der Waals surface area contributed by atoms with Crippen LogP contribution >= 0.6 is 0 Å². The molecule has 0 heterocycles. The third kappa shape index (κ3) is 4.55. The van der Waals surface area contributed by atoms with Crippen molar-refractivity contribution in [2.24, 2.45) is 0 Å². The Morgan fingerprint density at radius 1 is 1.15 bits per heavy atom. The Labute approximate surface area is 150 Å². The number of likely N-dealkylation sites (N-methyl/N-ethyl adjacent to an activating group) is 1. The van der Waals surface area contributed by atoms with Gasteiger partial charge in [-0.15, -0.1) is 0 Å². The van der Waals surface area contributed by atoms with Crippen LogP contribution in [0, 0.1) is 11.6 Å². The van der Waals surface area contributed by atoms with Crippen molar-refractivity contribution >= 4 is 21.6 Å². The quantitative estimate of drug-likeness (QED) is 0.796. The molecule has 2 aromatic carbocycles. The monoisotopic (exact) mass is 384 g/mol. The zero-order valence-corrected chi connectivity index (χ0v) is 15.0. The molecule has 0 aliphatic heterocycles. The topological polar surface area (TPSA) is 75.7 Å². The second-order valence-electron chi connectivity index (χ2n) is 5.28. The maximum atomic E-state index is 13.8. The second kappa shape index (κ2) is 8.24. The van der Waals surface area contributed by atoms with Crippen LogP contribution in [-0.2, 0) is 14.8 Å². The van der Waals surface area contributed by atoms with E-state index in [9.17, 15) is 22.0 Å². The number of hydrogen-bond donors (Lipinski definition) is 1. The molecule has 1 amide bonds. The number of amides is 1. The molecule has 26 heavy (non-hydrogen) atoms. The van der Waals surface area contributed by atoms with Crippen LogP contribution in [0.3, 0.4) is 0 Å². The fourth-order valence-corrected chi connectivity index (χ4v) is 3.68. The normalized spacial score (nSPS) is 11.4. The molecule has 0 aliphatic rings. The highest BCUT2D eigenvalue weighted by Crippen LogP contribution is 2.20. The summed E-state index contributed by atoms with van der Waals surface area (Å²) in [6, 6.07) is 8.64. The van der Waals surface area contributed by atoms with E-state index in [1.165, 1.54) is 14.0 Å². The number of methoxy groups -OCH3 is 1. The van der Waals surface area contributed by atoms with Crippen molar-refractivity contribution in [3.63, 3.8) is 0 Å². The van der Waals surface area contributed by atoms with Gasteiger partial charge in [-0.1, -0.05) is 6.92 Å². The molecule has 0 atom stereocenters. The third-order valence-corrected chi connectivity index (χ3v) is 5.51. The molecule has 140 valence electrons. The smallest absolute Gasteiger partial charge is 0.246 e. The van der Waals surface area contributed by atoms with Gasteiger partial charge in [0.25, 0.3) is 0 Å². The van der Waals surface area contributed by atoms with E-state index in [0.29, 0.717) is 17.5 Å². The summed E-state index contributed by atoms with van der Waals surface area (Å²) >= 11 is 0. The van der Waals surface area contributed by atoms with Gasteiger partial charge in [0.15, 0.2) is 0 Å². The van der Waals surface area contributed by atoms with E-state index in [2.05, 4.69) is 5.32 Å². The maximum Gasteiger partial charge on any atom is 0.246 e. The molecule has 0 aromatic heterocycles. The van der Waals surface area contributed by atoms with Crippen LogP contribution in [-0.4, -0.2) is 38.8 Å². The van der Waals surface area contributed by atoms with Gasteiger partial charge in [-0.25, -0.2) is 17.2 Å². The first-order valence-corrected chi connectivity index (χ1v) is 9.11. The highest BCUT2D eigenvalue weighted by Gasteiger charge is 2.28. The lowest BCUT2D eigenvalue weighted by Gasteiger charge is -2.20. The van der Waals surface area contributed by atoms with Gasteiger partial charge in [-0.05, 0) is 36.4 Å². The van der Waals surface area contributed by atoms with Gasteiger partial charge in [0.1, 0.15) is 22.3 Å². The molecule has 6 nitrogen and oxygen atoms in total. The summed E-state index contributed by atoms with van der Waals surface area (Å²) in [4.78, 5) is 11.5. The average molecular weight is 384 g/mol. The van der Waals surface area contributed by atoms with Crippen molar-refractivity contribution in [2.45, 2.75) is 11.8 Å². The molecule has 2 rings (SSSR count). The van der Waals surface area contributed by atoms with E-state index in [1.54, 1.807) is 24.3 Å². The van der Waals surface area contributed by atoms with Gasteiger partial charge < -0.3 is 10.1 Å². The first kappa shape index (κ1) is 19.8. The molecule has 0 saturated carbocycles. The number of nitrogens with one attached hydrogen (secondary N) is 1. The minimum atomic E-state index is -4.29. The summed E-state index contributed by atoms with van der Waals surface area (Å²) in [5, 5.41) is 2.55. The number of carbonyl (C=O) groups is 1. The number of benzene rings is 2. The van der Waals surface area contributed by atoms with Crippen molar-refractivity contribution in [1.29, 1.82) is 0 Å². The van der Waals surface area contributed by atoms with E-state index in [4.69, 9.17) is 4.74 Å². The number of carbonyl (C=O) groups excluding carboxylic acids is 1. The maximum absolute atomic E-state index is 13.8. The van der Waals surface area contributed by atoms with Gasteiger partial charge in [-0.3, -0.25) is 4.79 Å². The van der Waals surface area contributed by atoms with Crippen LogP contribution in [0.5, 0.6) is 5.75 Å². The first-order valence-electron chi connectivity index (χ1n) is 7.67. The Morgan fingerprint density at radius 2 is 1.81 bits per heavy atom. The Kier molecular flexibility index (Phi) is 6.27. The van der Waals surface area contributed by atoms with Gasteiger partial charge in [-0.2, -0.15) is 4.31 Å². The van der Waals surface area contributed by atoms with Crippen LogP contribution in [0.2, 0.25) is 0 Å². The van der Waals surface area contributed by atoms with Crippen LogP contribution in [0.15, 0.2) is 47.4 Å². The van der Waals surface area contributed by atoms with Gasteiger partial charge in [0, 0.05) is 18.3 Å². The van der Waals surface area contributed by atoms with E-state index in [0.717, 1.165) is 16.4 Å². The molecule has 0 unspecified atom stereocenters. The van der Waals surface area contributed by atoms with Crippen molar-refractivity contribution in [3.05, 3.63) is 54.1 Å². The Hall–Kier alpha value is -2.52. The molecule has 0 radical (unpaired) electrons. The molecular formula is C17H18F2N2O4S. The van der Waals surface area contributed by atoms with E-state index in [-0.39, 0.29) is 6.54 Å². The van der Waals surface area contributed by atoms with Crippen molar-refractivity contribution in [2.75, 3.05) is 25.5 Å². The lowest BCUT2D eigenvalue weighted by molar-refractivity contribution is -0.116. The number of anilines is 1. The predicted octanol–water partition coefficient (Wildman–Crippen LogP) is 2.62. The minimum absolute atomic E-state index is 0.0603. The van der Waals surface area contributed by atoms with E-state index in [1.807, 2.05) is 0 Å².